The number of likely N-dealkylation sites (tertiary alicyclic amines) is 1. The van der Waals surface area contributed by atoms with E-state index in [1.807, 2.05) is 30.3 Å². The normalized spacial score (nSPS) is 17.6. The lowest BCUT2D eigenvalue weighted by Gasteiger charge is -2.26. The molecule has 110 valence electrons. The van der Waals surface area contributed by atoms with Crippen molar-refractivity contribution in [2.45, 2.75) is 31.7 Å². The topological polar surface area (TPSA) is 58.4 Å². The smallest absolute Gasteiger partial charge is 0.237 e. The molecule has 20 heavy (non-hydrogen) atoms. The second-order valence-electron chi connectivity index (χ2n) is 5.49. The fourth-order valence-corrected chi connectivity index (χ4v) is 2.61. The first-order chi connectivity index (χ1) is 9.75. The third kappa shape index (κ3) is 4.94. The number of carbonyl (C=O) groups is 1. The summed E-state index contributed by atoms with van der Waals surface area (Å²) in [6, 6.07) is 9.45. The predicted molar refractivity (Wildman–Crippen MR) is 81.4 cm³/mol. The molecule has 4 nitrogen and oxygen atoms in total. The molecule has 0 bridgehead atoms. The number of nitrogens with one attached hydrogen (secondary N) is 1. The van der Waals surface area contributed by atoms with E-state index in [0.717, 1.165) is 25.2 Å². The van der Waals surface area contributed by atoms with E-state index in [1.54, 1.807) is 0 Å². The first kappa shape index (κ1) is 15.0. The molecule has 1 atom stereocenters. The van der Waals surface area contributed by atoms with Crippen LogP contribution in [0.3, 0.4) is 0 Å². The Kier molecular flexibility index (Phi) is 6.02. The number of benzene rings is 1. The van der Waals surface area contributed by atoms with Crippen LogP contribution in [-0.4, -0.2) is 43.0 Å². The van der Waals surface area contributed by atoms with Gasteiger partial charge in [-0.05, 0) is 37.9 Å². The standard InChI is InChI=1S/C16H25N3O/c17-15(13-14-7-3-1-4-8-14)16(20)18-9-12-19-10-5-2-6-11-19/h1,3-4,7-8,15H,2,5-6,9-13,17H2,(H,18,20)/t15-/m0/s1. The maximum atomic E-state index is 11.9. The van der Waals surface area contributed by atoms with E-state index in [-0.39, 0.29) is 5.91 Å². The number of nitrogens with zero attached hydrogens (tertiary/aromatic N) is 1. The van der Waals surface area contributed by atoms with Crippen LogP contribution in [-0.2, 0) is 11.2 Å². The summed E-state index contributed by atoms with van der Waals surface area (Å²) in [5, 5.41) is 2.94. The van der Waals surface area contributed by atoms with Gasteiger partial charge in [-0.15, -0.1) is 0 Å². The number of hydrogen-bond acceptors (Lipinski definition) is 3. The molecule has 0 saturated carbocycles. The van der Waals surface area contributed by atoms with Crippen LogP contribution < -0.4 is 11.1 Å². The molecule has 1 fully saturated rings. The highest BCUT2D eigenvalue weighted by Gasteiger charge is 2.14. The van der Waals surface area contributed by atoms with Crippen LogP contribution in [0.4, 0.5) is 0 Å². The summed E-state index contributed by atoms with van der Waals surface area (Å²) in [5.41, 5.74) is 7.05. The molecule has 2 rings (SSSR count). The molecule has 0 spiro atoms. The Bertz CT molecular complexity index is 401. The van der Waals surface area contributed by atoms with Crippen molar-refractivity contribution >= 4 is 5.91 Å². The Labute approximate surface area is 121 Å². The Morgan fingerprint density at radius 3 is 2.60 bits per heavy atom. The van der Waals surface area contributed by atoms with E-state index in [0.29, 0.717) is 13.0 Å². The summed E-state index contributed by atoms with van der Waals surface area (Å²) >= 11 is 0. The molecule has 0 unspecified atom stereocenters. The zero-order valence-corrected chi connectivity index (χ0v) is 12.1. The first-order valence-electron chi connectivity index (χ1n) is 7.55. The third-order valence-corrected chi connectivity index (χ3v) is 3.81. The number of nitrogens with two attached hydrogens (primary N) is 1. The molecular weight excluding hydrogens is 250 g/mol. The van der Waals surface area contributed by atoms with Gasteiger partial charge in [-0.1, -0.05) is 36.8 Å². The number of amides is 1. The highest BCUT2D eigenvalue weighted by atomic mass is 16.2. The minimum absolute atomic E-state index is 0.0501. The monoisotopic (exact) mass is 275 g/mol. The molecule has 0 aromatic heterocycles. The van der Waals surface area contributed by atoms with Gasteiger partial charge in [-0.25, -0.2) is 0 Å². The number of hydrogen-bond donors (Lipinski definition) is 2. The van der Waals surface area contributed by atoms with E-state index < -0.39 is 6.04 Å². The Balaban J connectivity index is 1.66. The van der Waals surface area contributed by atoms with Crippen LogP contribution >= 0.6 is 0 Å². The van der Waals surface area contributed by atoms with Gasteiger partial charge in [0.25, 0.3) is 0 Å². The Morgan fingerprint density at radius 1 is 1.20 bits per heavy atom. The minimum Gasteiger partial charge on any atom is -0.353 e. The van der Waals surface area contributed by atoms with Crippen LogP contribution in [0.5, 0.6) is 0 Å². The van der Waals surface area contributed by atoms with Crippen molar-refractivity contribution in [3.05, 3.63) is 35.9 Å². The molecule has 1 aliphatic rings. The molecule has 4 heteroatoms. The zero-order valence-electron chi connectivity index (χ0n) is 12.1. The fraction of sp³-hybridized carbons (Fsp3) is 0.562. The third-order valence-electron chi connectivity index (χ3n) is 3.81. The van der Waals surface area contributed by atoms with Crippen LogP contribution in [0.2, 0.25) is 0 Å². The molecule has 1 aliphatic heterocycles. The van der Waals surface area contributed by atoms with Crippen LogP contribution in [0, 0.1) is 0 Å². The molecule has 3 N–H and O–H groups in total. The molecule has 1 amide bonds. The van der Waals surface area contributed by atoms with Crippen LogP contribution in [0.25, 0.3) is 0 Å². The lowest BCUT2D eigenvalue weighted by molar-refractivity contribution is -0.122. The van der Waals surface area contributed by atoms with Crippen molar-refractivity contribution in [3.8, 4) is 0 Å². The summed E-state index contributed by atoms with van der Waals surface area (Å²) in [4.78, 5) is 14.3. The largest absolute Gasteiger partial charge is 0.353 e. The summed E-state index contributed by atoms with van der Waals surface area (Å²) < 4.78 is 0. The predicted octanol–water partition coefficient (Wildman–Crippen LogP) is 1.16. The fourth-order valence-electron chi connectivity index (χ4n) is 2.61. The minimum atomic E-state index is -0.459. The lowest BCUT2D eigenvalue weighted by Crippen LogP contribution is -2.45. The molecule has 1 saturated heterocycles. The Hall–Kier alpha value is -1.39. The average molecular weight is 275 g/mol. The highest BCUT2D eigenvalue weighted by molar-refractivity contribution is 5.81. The van der Waals surface area contributed by atoms with Crippen molar-refractivity contribution < 1.29 is 4.79 Å². The van der Waals surface area contributed by atoms with Crippen molar-refractivity contribution in [1.82, 2.24) is 10.2 Å². The van der Waals surface area contributed by atoms with Gasteiger partial charge in [-0.3, -0.25) is 4.79 Å². The zero-order chi connectivity index (χ0) is 14.2. The van der Waals surface area contributed by atoms with Crippen molar-refractivity contribution in [2.75, 3.05) is 26.2 Å². The summed E-state index contributed by atoms with van der Waals surface area (Å²) in [6.07, 6.45) is 4.49. The molecule has 1 heterocycles. The first-order valence-corrected chi connectivity index (χ1v) is 7.55. The van der Waals surface area contributed by atoms with Gasteiger partial charge >= 0.3 is 0 Å². The quantitative estimate of drug-likeness (QED) is 0.819. The molecular formula is C16H25N3O. The van der Waals surface area contributed by atoms with Gasteiger partial charge in [0.15, 0.2) is 0 Å². The lowest BCUT2D eigenvalue weighted by atomic mass is 10.1. The van der Waals surface area contributed by atoms with Crippen LogP contribution in [0.15, 0.2) is 30.3 Å². The van der Waals surface area contributed by atoms with Gasteiger partial charge < -0.3 is 16.0 Å². The van der Waals surface area contributed by atoms with E-state index in [9.17, 15) is 4.79 Å². The maximum absolute atomic E-state index is 11.9. The summed E-state index contributed by atoms with van der Waals surface area (Å²) in [7, 11) is 0. The van der Waals surface area contributed by atoms with Gasteiger partial charge in [0.05, 0.1) is 6.04 Å². The molecule has 1 aromatic carbocycles. The summed E-state index contributed by atoms with van der Waals surface area (Å²) in [5.74, 6) is -0.0501. The number of rotatable bonds is 6. The summed E-state index contributed by atoms with van der Waals surface area (Å²) in [6.45, 7) is 3.95. The Morgan fingerprint density at radius 2 is 1.90 bits per heavy atom. The SMILES string of the molecule is N[C@@H](Cc1ccccc1)C(=O)NCCN1CCCCC1. The van der Waals surface area contributed by atoms with Gasteiger partial charge in [0.1, 0.15) is 0 Å². The van der Waals surface area contributed by atoms with E-state index in [1.165, 1.54) is 19.3 Å². The number of piperidine rings is 1. The van der Waals surface area contributed by atoms with Gasteiger partial charge in [0.2, 0.25) is 5.91 Å². The van der Waals surface area contributed by atoms with Crippen LogP contribution in [0.1, 0.15) is 24.8 Å². The van der Waals surface area contributed by atoms with Crippen molar-refractivity contribution in [2.24, 2.45) is 5.73 Å². The molecule has 1 aromatic rings. The van der Waals surface area contributed by atoms with Gasteiger partial charge in [0, 0.05) is 13.1 Å². The van der Waals surface area contributed by atoms with E-state index in [2.05, 4.69) is 10.2 Å². The second-order valence-corrected chi connectivity index (χ2v) is 5.49. The van der Waals surface area contributed by atoms with Gasteiger partial charge in [-0.2, -0.15) is 0 Å². The van der Waals surface area contributed by atoms with E-state index in [4.69, 9.17) is 5.73 Å². The second kappa shape index (κ2) is 8.02. The van der Waals surface area contributed by atoms with Crippen molar-refractivity contribution in [1.29, 1.82) is 0 Å². The molecule has 0 aliphatic carbocycles. The van der Waals surface area contributed by atoms with E-state index >= 15 is 0 Å². The number of carbonyl (C=O) groups excluding carboxylic acids is 1. The molecule has 0 radical (unpaired) electrons. The highest BCUT2D eigenvalue weighted by Crippen LogP contribution is 2.07. The van der Waals surface area contributed by atoms with Crippen molar-refractivity contribution in [3.63, 3.8) is 0 Å². The average Bonchev–Trinajstić information content (AvgIpc) is 2.49. The maximum Gasteiger partial charge on any atom is 0.237 e.